The summed E-state index contributed by atoms with van der Waals surface area (Å²) in [6.45, 7) is 4.52. The van der Waals surface area contributed by atoms with Crippen molar-refractivity contribution in [2.24, 2.45) is 17.3 Å². The molecule has 1 atom stereocenters. The van der Waals surface area contributed by atoms with Crippen LogP contribution in [0.1, 0.15) is 52.4 Å². The monoisotopic (exact) mass is 180 g/mol. The minimum Gasteiger partial charge on any atom is -0.299 e. The fourth-order valence-electron chi connectivity index (χ4n) is 2.67. The van der Waals surface area contributed by atoms with Gasteiger partial charge < -0.3 is 0 Å². The molecule has 0 saturated heterocycles. The highest BCUT2D eigenvalue weighted by Crippen LogP contribution is 2.45. The van der Waals surface area contributed by atoms with Crippen molar-refractivity contribution in [3.63, 3.8) is 0 Å². The molecule has 0 bridgehead atoms. The van der Waals surface area contributed by atoms with E-state index in [-0.39, 0.29) is 0 Å². The van der Waals surface area contributed by atoms with E-state index in [0.717, 1.165) is 18.8 Å². The van der Waals surface area contributed by atoms with Crippen LogP contribution in [0.5, 0.6) is 0 Å². The van der Waals surface area contributed by atoms with E-state index >= 15 is 0 Å². The standard InChI is InChI=1S/C12H20O/c1-12(2)7-3-4-10(12)11(13)8-9-5-6-9/h9-10H,3-8H2,1-2H3. The second-order valence-corrected chi connectivity index (χ2v) is 5.55. The van der Waals surface area contributed by atoms with Crippen molar-refractivity contribution < 1.29 is 4.79 Å². The van der Waals surface area contributed by atoms with Crippen molar-refractivity contribution in [1.29, 1.82) is 0 Å². The summed E-state index contributed by atoms with van der Waals surface area (Å²) >= 11 is 0. The molecule has 0 aromatic rings. The van der Waals surface area contributed by atoms with E-state index in [1.54, 1.807) is 0 Å². The summed E-state index contributed by atoms with van der Waals surface area (Å²) in [4.78, 5) is 11.9. The molecular weight excluding hydrogens is 160 g/mol. The molecule has 1 unspecified atom stereocenters. The Hall–Kier alpha value is -0.330. The Bertz CT molecular complexity index is 213. The van der Waals surface area contributed by atoms with Gasteiger partial charge in [-0.2, -0.15) is 0 Å². The zero-order valence-corrected chi connectivity index (χ0v) is 8.81. The first-order valence-electron chi connectivity index (χ1n) is 5.62. The molecule has 1 nitrogen and oxygen atoms in total. The van der Waals surface area contributed by atoms with E-state index in [1.807, 2.05) is 0 Å². The van der Waals surface area contributed by atoms with Gasteiger partial charge in [0.15, 0.2) is 0 Å². The van der Waals surface area contributed by atoms with E-state index in [1.165, 1.54) is 25.7 Å². The molecule has 2 rings (SSSR count). The third-order valence-electron chi connectivity index (χ3n) is 3.83. The lowest BCUT2D eigenvalue weighted by Crippen LogP contribution is -2.25. The fourth-order valence-corrected chi connectivity index (χ4v) is 2.67. The topological polar surface area (TPSA) is 17.1 Å². The lowest BCUT2D eigenvalue weighted by molar-refractivity contribution is -0.125. The maximum atomic E-state index is 11.9. The van der Waals surface area contributed by atoms with Crippen molar-refractivity contribution in [3.05, 3.63) is 0 Å². The maximum absolute atomic E-state index is 11.9. The summed E-state index contributed by atoms with van der Waals surface area (Å²) in [6, 6.07) is 0. The second kappa shape index (κ2) is 3.11. The Labute approximate surface area is 80.9 Å². The lowest BCUT2D eigenvalue weighted by Gasteiger charge is -2.25. The van der Waals surface area contributed by atoms with E-state index in [0.29, 0.717) is 17.1 Å². The first-order chi connectivity index (χ1) is 6.09. The average Bonchev–Trinajstić information content (AvgIpc) is 2.75. The van der Waals surface area contributed by atoms with Gasteiger partial charge in [0.05, 0.1) is 0 Å². The van der Waals surface area contributed by atoms with Crippen LogP contribution in [0.25, 0.3) is 0 Å². The molecule has 13 heavy (non-hydrogen) atoms. The third-order valence-corrected chi connectivity index (χ3v) is 3.83. The quantitative estimate of drug-likeness (QED) is 0.652. The minimum atomic E-state index is 0.298. The van der Waals surface area contributed by atoms with Crippen LogP contribution >= 0.6 is 0 Å². The molecule has 0 heterocycles. The molecule has 0 aromatic carbocycles. The third kappa shape index (κ3) is 1.95. The van der Waals surface area contributed by atoms with Gasteiger partial charge in [-0.15, -0.1) is 0 Å². The van der Waals surface area contributed by atoms with Crippen molar-refractivity contribution in [2.75, 3.05) is 0 Å². The number of ketones is 1. The molecule has 2 fully saturated rings. The average molecular weight is 180 g/mol. The molecule has 1 heteroatoms. The number of rotatable bonds is 3. The van der Waals surface area contributed by atoms with Crippen LogP contribution in [-0.2, 0) is 4.79 Å². The number of Topliss-reactive ketones (excluding diaryl/α,β-unsaturated/α-hetero) is 1. The molecule has 2 aliphatic rings. The van der Waals surface area contributed by atoms with Crippen LogP contribution in [0.4, 0.5) is 0 Å². The van der Waals surface area contributed by atoms with Gasteiger partial charge in [0, 0.05) is 12.3 Å². The Kier molecular flexibility index (Phi) is 2.21. The molecule has 74 valence electrons. The fraction of sp³-hybridized carbons (Fsp3) is 0.917. The van der Waals surface area contributed by atoms with E-state index in [2.05, 4.69) is 13.8 Å². The van der Waals surface area contributed by atoms with Gasteiger partial charge >= 0.3 is 0 Å². The largest absolute Gasteiger partial charge is 0.299 e. The number of hydrogen-bond acceptors (Lipinski definition) is 1. The highest BCUT2D eigenvalue weighted by molar-refractivity contribution is 5.82. The SMILES string of the molecule is CC1(C)CCCC1C(=O)CC1CC1. The molecule has 0 radical (unpaired) electrons. The lowest BCUT2D eigenvalue weighted by atomic mass is 9.78. The van der Waals surface area contributed by atoms with Gasteiger partial charge in [0.1, 0.15) is 5.78 Å². The van der Waals surface area contributed by atoms with Crippen molar-refractivity contribution in [2.45, 2.75) is 52.4 Å². The first-order valence-corrected chi connectivity index (χ1v) is 5.62. The normalized spacial score (nSPS) is 32.0. The zero-order valence-electron chi connectivity index (χ0n) is 8.81. The Morgan fingerprint density at radius 2 is 2.00 bits per heavy atom. The summed E-state index contributed by atoms with van der Waals surface area (Å²) in [5.74, 6) is 1.71. The molecule has 2 saturated carbocycles. The van der Waals surface area contributed by atoms with Crippen molar-refractivity contribution in [1.82, 2.24) is 0 Å². The minimum absolute atomic E-state index is 0.298. The van der Waals surface area contributed by atoms with Crippen molar-refractivity contribution >= 4 is 5.78 Å². The summed E-state index contributed by atoms with van der Waals surface area (Å²) in [5, 5.41) is 0. The van der Waals surface area contributed by atoms with Gasteiger partial charge in [-0.05, 0) is 37.0 Å². The maximum Gasteiger partial charge on any atom is 0.136 e. The Morgan fingerprint density at radius 3 is 2.46 bits per heavy atom. The first kappa shape index (κ1) is 9.23. The Balaban J connectivity index is 1.94. The van der Waals surface area contributed by atoms with Gasteiger partial charge in [0.2, 0.25) is 0 Å². The van der Waals surface area contributed by atoms with E-state index in [9.17, 15) is 4.79 Å². The van der Waals surface area contributed by atoms with Gasteiger partial charge in [0.25, 0.3) is 0 Å². The van der Waals surface area contributed by atoms with Crippen LogP contribution in [-0.4, -0.2) is 5.78 Å². The molecule has 0 aliphatic heterocycles. The van der Waals surface area contributed by atoms with Gasteiger partial charge in [-0.25, -0.2) is 0 Å². The summed E-state index contributed by atoms with van der Waals surface area (Å²) in [7, 11) is 0. The molecule has 2 aliphatic carbocycles. The number of hydrogen-bond donors (Lipinski definition) is 0. The smallest absolute Gasteiger partial charge is 0.136 e. The molecule has 0 spiro atoms. The summed E-state index contributed by atoms with van der Waals surface area (Å²) < 4.78 is 0. The highest BCUT2D eigenvalue weighted by Gasteiger charge is 2.40. The molecule has 0 N–H and O–H groups in total. The van der Waals surface area contributed by atoms with Crippen LogP contribution in [0.2, 0.25) is 0 Å². The molecule has 0 amide bonds. The van der Waals surface area contributed by atoms with E-state index in [4.69, 9.17) is 0 Å². The highest BCUT2D eigenvalue weighted by atomic mass is 16.1. The number of carbonyl (C=O) groups excluding carboxylic acids is 1. The second-order valence-electron chi connectivity index (χ2n) is 5.55. The van der Waals surface area contributed by atoms with Crippen LogP contribution in [0.3, 0.4) is 0 Å². The van der Waals surface area contributed by atoms with Gasteiger partial charge in [-0.3, -0.25) is 4.79 Å². The van der Waals surface area contributed by atoms with Crippen LogP contribution in [0.15, 0.2) is 0 Å². The predicted octanol–water partition coefficient (Wildman–Crippen LogP) is 3.18. The van der Waals surface area contributed by atoms with Crippen LogP contribution < -0.4 is 0 Å². The number of carbonyl (C=O) groups is 1. The predicted molar refractivity (Wildman–Crippen MR) is 53.5 cm³/mol. The summed E-state index contributed by atoms with van der Waals surface area (Å²) in [5.41, 5.74) is 0.298. The molecule has 0 aromatic heterocycles. The van der Waals surface area contributed by atoms with Gasteiger partial charge in [-0.1, -0.05) is 20.3 Å². The zero-order chi connectivity index (χ0) is 9.47. The van der Waals surface area contributed by atoms with Crippen LogP contribution in [0, 0.1) is 17.3 Å². The van der Waals surface area contributed by atoms with E-state index < -0.39 is 0 Å². The van der Waals surface area contributed by atoms with Crippen molar-refractivity contribution in [3.8, 4) is 0 Å². The Morgan fingerprint density at radius 1 is 1.31 bits per heavy atom. The summed E-state index contributed by atoms with van der Waals surface area (Å²) in [6.07, 6.45) is 7.15. The molecular formula is C12H20O.